The van der Waals surface area contributed by atoms with E-state index in [4.69, 9.17) is 14.2 Å². The highest BCUT2D eigenvalue weighted by atomic mass is 16.7. The number of fused-ring (bicyclic) bond motifs is 2. The van der Waals surface area contributed by atoms with Gasteiger partial charge in [0.2, 0.25) is 24.5 Å². The summed E-state index contributed by atoms with van der Waals surface area (Å²) in [5.74, 6) is -1.48. The number of carbonyl (C=O) groups excluding carboxylic acids is 4. The summed E-state index contributed by atoms with van der Waals surface area (Å²) in [5, 5.41) is 0. The van der Waals surface area contributed by atoms with Crippen LogP contribution in [0.2, 0.25) is 0 Å². The van der Waals surface area contributed by atoms with Gasteiger partial charge in [-0.15, -0.1) is 0 Å². The summed E-state index contributed by atoms with van der Waals surface area (Å²) in [6.07, 6.45) is -0.986. The highest BCUT2D eigenvalue weighted by Gasteiger charge is 2.63. The fraction of sp³-hybridized carbons (Fsp3) is 0.290. The number of para-hydroxylation sites is 2. The lowest BCUT2D eigenvalue weighted by Gasteiger charge is -2.33. The van der Waals surface area contributed by atoms with Gasteiger partial charge in [-0.2, -0.15) is 0 Å². The second kappa shape index (κ2) is 9.22. The zero-order chi connectivity index (χ0) is 28.2. The third-order valence-corrected chi connectivity index (χ3v) is 7.46. The normalized spacial score (nSPS) is 21.7. The zero-order valence-corrected chi connectivity index (χ0v) is 22.4. The Hall–Kier alpha value is -4.66. The van der Waals surface area contributed by atoms with E-state index < -0.39 is 40.7 Å². The predicted octanol–water partition coefficient (Wildman–Crippen LogP) is 4.76. The van der Waals surface area contributed by atoms with Gasteiger partial charge in [-0.05, 0) is 68.7 Å². The molecule has 40 heavy (non-hydrogen) atoms. The van der Waals surface area contributed by atoms with Crippen LogP contribution in [0.4, 0.5) is 16.2 Å². The van der Waals surface area contributed by atoms with Crippen molar-refractivity contribution in [1.29, 1.82) is 0 Å². The van der Waals surface area contributed by atoms with Gasteiger partial charge in [-0.1, -0.05) is 42.5 Å². The quantitative estimate of drug-likeness (QED) is 0.440. The molecule has 2 atom stereocenters. The molecule has 9 nitrogen and oxygen atoms in total. The average molecular weight is 541 g/mol. The number of rotatable bonds is 4. The van der Waals surface area contributed by atoms with E-state index in [-0.39, 0.29) is 19.6 Å². The Morgan fingerprint density at radius 1 is 0.950 bits per heavy atom. The lowest BCUT2D eigenvalue weighted by molar-refractivity contribution is -0.131. The van der Waals surface area contributed by atoms with Crippen LogP contribution < -0.4 is 19.3 Å². The third-order valence-electron chi connectivity index (χ3n) is 7.46. The molecule has 3 aliphatic heterocycles. The zero-order valence-electron chi connectivity index (χ0n) is 22.4. The highest BCUT2D eigenvalue weighted by Crippen LogP contribution is 2.52. The Labute approximate surface area is 231 Å². The highest BCUT2D eigenvalue weighted by molar-refractivity contribution is 6.27. The van der Waals surface area contributed by atoms with Crippen LogP contribution in [0.1, 0.15) is 38.3 Å². The van der Waals surface area contributed by atoms with Crippen molar-refractivity contribution in [3.05, 3.63) is 83.9 Å². The van der Waals surface area contributed by atoms with Gasteiger partial charge in [-0.25, -0.2) is 9.69 Å². The molecule has 3 aromatic carbocycles. The third kappa shape index (κ3) is 4.00. The summed E-state index contributed by atoms with van der Waals surface area (Å²) in [6.45, 7) is 5.23. The van der Waals surface area contributed by atoms with Crippen LogP contribution in [0.15, 0.2) is 72.8 Å². The molecular formula is C31H28N2O7. The van der Waals surface area contributed by atoms with Gasteiger partial charge < -0.3 is 14.2 Å². The molecule has 3 heterocycles. The minimum absolute atomic E-state index is 0.0467. The molecule has 3 aliphatic rings. The molecule has 0 N–H and O–H groups in total. The van der Waals surface area contributed by atoms with E-state index >= 15 is 0 Å². The standard InChI is InChI=1S/C31H28N2O7/c1-30(2,3)40-29(37)33-23-12-8-7-11-21(23)31(28(33)36,17-19-13-14-24-25(15-19)39-18-38-24)22-16-26(34)32(27(22)35)20-9-5-4-6-10-20/h4-15,22H,16-18H2,1-3H3/t22-,31-/m1/s1. The van der Waals surface area contributed by atoms with Crippen molar-refractivity contribution in [1.82, 2.24) is 0 Å². The molecule has 0 saturated carbocycles. The summed E-state index contributed by atoms with van der Waals surface area (Å²) < 4.78 is 16.6. The molecular weight excluding hydrogens is 512 g/mol. The molecule has 0 aliphatic carbocycles. The second-order valence-electron chi connectivity index (χ2n) is 11.1. The van der Waals surface area contributed by atoms with E-state index in [2.05, 4.69) is 0 Å². The number of anilines is 2. The molecule has 204 valence electrons. The Balaban J connectivity index is 1.51. The van der Waals surface area contributed by atoms with Gasteiger partial charge in [0.05, 0.1) is 22.7 Å². The molecule has 4 amide bonds. The van der Waals surface area contributed by atoms with Gasteiger partial charge in [-0.3, -0.25) is 19.3 Å². The van der Waals surface area contributed by atoms with Crippen LogP contribution in [-0.2, 0) is 31.0 Å². The van der Waals surface area contributed by atoms with Crippen molar-refractivity contribution in [2.45, 2.75) is 44.6 Å². The number of amides is 4. The maximum atomic E-state index is 14.6. The van der Waals surface area contributed by atoms with E-state index in [1.807, 2.05) is 0 Å². The smallest absolute Gasteiger partial charge is 0.421 e. The van der Waals surface area contributed by atoms with Crippen LogP contribution in [-0.4, -0.2) is 36.2 Å². The molecule has 3 aromatic rings. The molecule has 9 heteroatoms. The van der Waals surface area contributed by atoms with Gasteiger partial charge in [0.25, 0.3) is 0 Å². The van der Waals surface area contributed by atoms with E-state index in [1.54, 1.807) is 93.6 Å². The summed E-state index contributed by atoms with van der Waals surface area (Å²) in [4.78, 5) is 57.7. The van der Waals surface area contributed by atoms with Gasteiger partial charge in [0, 0.05) is 6.42 Å². The average Bonchev–Trinajstić information content (AvgIpc) is 3.56. The Morgan fingerprint density at radius 3 is 2.40 bits per heavy atom. The number of nitrogens with zero attached hydrogens (tertiary/aromatic N) is 2. The number of hydrogen-bond acceptors (Lipinski definition) is 7. The largest absolute Gasteiger partial charge is 0.454 e. The first-order chi connectivity index (χ1) is 19.1. The van der Waals surface area contributed by atoms with Crippen LogP contribution in [0.5, 0.6) is 11.5 Å². The lowest BCUT2D eigenvalue weighted by atomic mass is 9.66. The van der Waals surface area contributed by atoms with Gasteiger partial charge in [0.15, 0.2) is 11.5 Å². The molecule has 0 unspecified atom stereocenters. The molecule has 6 rings (SSSR count). The van der Waals surface area contributed by atoms with E-state index in [0.29, 0.717) is 34.0 Å². The SMILES string of the molecule is CC(C)(C)OC(=O)N1C(=O)[C@@](Cc2ccc3c(c2)OCO3)([C@@H]2CC(=O)N(c3ccccc3)C2=O)c2ccccc21. The van der Waals surface area contributed by atoms with E-state index in [0.717, 1.165) is 9.80 Å². The number of benzene rings is 3. The molecule has 0 radical (unpaired) electrons. The summed E-state index contributed by atoms with van der Waals surface area (Å²) >= 11 is 0. The Bertz CT molecular complexity index is 1540. The Morgan fingerprint density at radius 2 is 1.65 bits per heavy atom. The van der Waals surface area contributed by atoms with Crippen molar-refractivity contribution in [2.24, 2.45) is 5.92 Å². The maximum Gasteiger partial charge on any atom is 0.421 e. The number of ether oxygens (including phenoxy) is 3. The minimum Gasteiger partial charge on any atom is -0.454 e. The summed E-state index contributed by atoms with van der Waals surface area (Å²) in [7, 11) is 0. The first kappa shape index (κ1) is 25.6. The van der Waals surface area contributed by atoms with E-state index in [1.165, 1.54) is 0 Å². The first-order valence-corrected chi connectivity index (χ1v) is 13.1. The van der Waals surface area contributed by atoms with Crippen molar-refractivity contribution < 1.29 is 33.4 Å². The van der Waals surface area contributed by atoms with Crippen molar-refractivity contribution >= 4 is 35.2 Å². The van der Waals surface area contributed by atoms with Crippen molar-refractivity contribution in [3.63, 3.8) is 0 Å². The van der Waals surface area contributed by atoms with Gasteiger partial charge >= 0.3 is 6.09 Å². The Kier molecular flexibility index (Phi) is 5.90. The van der Waals surface area contributed by atoms with Crippen molar-refractivity contribution in [2.75, 3.05) is 16.6 Å². The summed E-state index contributed by atoms with van der Waals surface area (Å²) in [6, 6.07) is 20.8. The second-order valence-corrected chi connectivity index (χ2v) is 11.1. The van der Waals surface area contributed by atoms with Gasteiger partial charge in [0.1, 0.15) is 5.60 Å². The summed E-state index contributed by atoms with van der Waals surface area (Å²) in [5.41, 5.74) is -0.474. The van der Waals surface area contributed by atoms with Crippen molar-refractivity contribution in [3.8, 4) is 11.5 Å². The van der Waals surface area contributed by atoms with Crippen LogP contribution in [0.3, 0.4) is 0 Å². The van der Waals surface area contributed by atoms with E-state index in [9.17, 15) is 19.2 Å². The van der Waals surface area contributed by atoms with Crippen LogP contribution in [0.25, 0.3) is 0 Å². The maximum absolute atomic E-state index is 14.6. The van der Waals surface area contributed by atoms with Crippen LogP contribution >= 0.6 is 0 Å². The molecule has 0 bridgehead atoms. The lowest BCUT2D eigenvalue weighted by Crippen LogP contribution is -2.52. The molecule has 0 aromatic heterocycles. The fourth-order valence-corrected chi connectivity index (χ4v) is 5.83. The minimum atomic E-state index is -1.56. The number of carbonyl (C=O) groups is 4. The number of imide groups is 2. The monoisotopic (exact) mass is 540 g/mol. The van der Waals surface area contributed by atoms with Crippen LogP contribution in [0, 0.1) is 5.92 Å². The number of hydrogen-bond donors (Lipinski definition) is 0. The fourth-order valence-electron chi connectivity index (χ4n) is 5.83. The molecule has 1 fully saturated rings. The first-order valence-electron chi connectivity index (χ1n) is 13.1. The molecule has 0 spiro atoms. The predicted molar refractivity (Wildman–Crippen MR) is 145 cm³/mol. The molecule has 1 saturated heterocycles. The topological polar surface area (TPSA) is 102 Å².